The molecule has 2 nitrogen and oxygen atoms in total. The summed E-state index contributed by atoms with van der Waals surface area (Å²) in [4.78, 5) is 11.7. The van der Waals surface area contributed by atoms with Gasteiger partial charge in [-0.3, -0.25) is 4.79 Å². The average molecular weight is 449 g/mol. The molecule has 31 heavy (non-hydrogen) atoms. The van der Waals surface area contributed by atoms with Crippen LogP contribution in [0, 0.1) is 29.1 Å². The maximum Gasteiger partial charge on any atom is 0.311 e. The monoisotopic (exact) mass is 448 g/mol. The zero-order valence-electron chi connectivity index (χ0n) is 18.3. The average Bonchev–Trinajstić information content (AvgIpc) is 2.76. The molecule has 0 atom stereocenters. The first kappa shape index (κ1) is 27.1. The normalized spacial score (nSPS) is 11.4. The summed E-state index contributed by atoms with van der Waals surface area (Å²) in [6.07, 6.45) is 18.2. The molecule has 0 unspecified atom stereocenters. The van der Waals surface area contributed by atoms with Crippen molar-refractivity contribution in [2.45, 2.75) is 96.8 Å². The summed E-state index contributed by atoms with van der Waals surface area (Å²) in [6, 6.07) is 0. The van der Waals surface area contributed by atoms with Crippen molar-refractivity contribution in [3.05, 3.63) is 41.2 Å². The summed E-state index contributed by atoms with van der Waals surface area (Å²) in [6.45, 7) is 2.21. The van der Waals surface area contributed by atoms with Crippen molar-refractivity contribution in [3.8, 4) is 5.75 Å². The van der Waals surface area contributed by atoms with E-state index in [4.69, 9.17) is 0 Å². The second-order valence-electron chi connectivity index (χ2n) is 7.71. The molecule has 1 aromatic rings. The van der Waals surface area contributed by atoms with Gasteiger partial charge in [-0.1, -0.05) is 70.4 Å². The Labute approximate surface area is 181 Å². The van der Waals surface area contributed by atoms with Gasteiger partial charge in [0.25, 0.3) is 0 Å². The largest absolute Gasteiger partial charge is 0.420 e. The van der Waals surface area contributed by atoms with Gasteiger partial charge in [0.1, 0.15) is 0 Å². The lowest BCUT2D eigenvalue weighted by Crippen LogP contribution is -2.13. The van der Waals surface area contributed by atoms with Crippen LogP contribution in [0.5, 0.6) is 5.75 Å². The SMILES string of the molecule is CCCCCCCCC=CCCCCCCCC(=O)Oc1c(F)c(F)c(F)c(F)c1F. The van der Waals surface area contributed by atoms with Gasteiger partial charge in [0.15, 0.2) is 0 Å². The minimum absolute atomic E-state index is 0.155. The van der Waals surface area contributed by atoms with E-state index in [1.54, 1.807) is 0 Å². The van der Waals surface area contributed by atoms with Crippen LogP contribution in [-0.2, 0) is 4.79 Å². The Morgan fingerprint density at radius 3 is 1.58 bits per heavy atom. The number of hydrogen-bond donors (Lipinski definition) is 0. The predicted octanol–water partition coefficient (Wildman–Crippen LogP) is 8.33. The summed E-state index contributed by atoms with van der Waals surface area (Å²) in [5, 5.41) is 0. The third-order valence-corrected chi connectivity index (χ3v) is 5.03. The molecule has 0 saturated carbocycles. The van der Waals surface area contributed by atoms with Gasteiger partial charge in [0, 0.05) is 6.42 Å². The Hall–Kier alpha value is -1.92. The molecule has 0 spiro atoms. The highest BCUT2D eigenvalue weighted by atomic mass is 19.2. The number of rotatable bonds is 16. The van der Waals surface area contributed by atoms with E-state index >= 15 is 0 Å². The second kappa shape index (κ2) is 15.8. The summed E-state index contributed by atoms with van der Waals surface area (Å²) >= 11 is 0. The molecule has 0 bridgehead atoms. The van der Waals surface area contributed by atoms with Crippen LogP contribution in [0.1, 0.15) is 96.8 Å². The van der Waals surface area contributed by atoms with Crippen LogP contribution in [0.4, 0.5) is 22.0 Å². The molecule has 0 aliphatic carbocycles. The fraction of sp³-hybridized carbons (Fsp3) is 0.625. The van der Waals surface area contributed by atoms with Crippen molar-refractivity contribution < 1.29 is 31.5 Å². The quantitative estimate of drug-likeness (QED) is 0.0483. The van der Waals surface area contributed by atoms with Gasteiger partial charge in [0.05, 0.1) is 0 Å². The van der Waals surface area contributed by atoms with Crippen LogP contribution in [0.3, 0.4) is 0 Å². The first-order chi connectivity index (χ1) is 14.9. The van der Waals surface area contributed by atoms with Crippen molar-refractivity contribution in [2.75, 3.05) is 0 Å². The first-order valence-corrected chi connectivity index (χ1v) is 11.3. The van der Waals surface area contributed by atoms with E-state index in [1.807, 2.05) is 0 Å². The Bertz CT molecular complexity index is 675. The molecule has 0 radical (unpaired) electrons. The van der Waals surface area contributed by atoms with E-state index in [-0.39, 0.29) is 6.42 Å². The number of benzene rings is 1. The van der Waals surface area contributed by atoms with Gasteiger partial charge >= 0.3 is 5.97 Å². The molecule has 7 heteroatoms. The van der Waals surface area contributed by atoms with E-state index < -0.39 is 40.8 Å². The van der Waals surface area contributed by atoms with E-state index in [0.717, 1.165) is 32.1 Å². The zero-order valence-corrected chi connectivity index (χ0v) is 18.3. The lowest BCUT2D eigenvalue weighted by atomic mass is 10.1. The Kier molecular flexibility index (Phi) is 13.8. The number of allylic oxidation sites excluding steroid dienone is 2. The maximum atomic E-state index is 13.5. The Balaban J connectivity index is 2.10. The van der Waals surface area contributed by atoms with Gasteiger partial charge in [0.2, 0.25) is 34.8 Å². The second-order valence-corrected chi connectivity index (χ2v) is 7.71. The van der Waals surface area contributed by atoms with Crippen molar-refractivity contribution in [3.63, 3.8) is 0 Å². The maximum absolute atomic E-state index is 13.5. The van der Waals surface area contributed by atoms with E-state index in [2.05, 4.69) is 23.8 Å². The third kappa shape index (κ3) is 10.3. The standard InChI is InChI=1S/C24H33F5O2/c1-2-3-4-5-6-7-8-9-10-11-12-13-14-15-16-17-18(30)31-24-22(28)20(26)19(25)21(27)23(24)29/h9-10H,2-8,11-17H2,1H3. The Morgan fingerprint density at radius 1 is 0.645 bits per heavy atom. The summed E-state index contributed by atoms with van der Waals surface area (Å²) in [5.74, 6) is -13.4. The molecule has 0 saturated heterocycles. The van der Waals surface area contributed by atoms with Crippen molar-refractivity contribution >= 4 is 5.97 Å². The Morgan fingerprint density at radius 2 is 1.06 bits per heavy atom. The minimum Gasteiger partial charge on any atom is -0.420 e. The predicted molar refractivity (Wildman–Crippen MR) is 111 cm³/mol. The minimum atomic E-state index is -2.29. The molecule has 176 valence electrons. The summed E-state index contributed by atoms with van der Waals surface area (Å²) in [5.41, 5.74) is 0. The fourth-order valence-electron chi connectivity index (χ4n) is 3.18. The van der Waals surface area contributed by atoms with Crippen LogP contribution in [0.25, 0.3) is 0 Å². The molecular formula is C24H33F5O2. The topological polar surface area (TPSA) is 26.3 Å². The van der Waals surface area contributed by atoms with Gasteiger partial charge in [-0.2, -0.15) is 8.78 Å². The van der Waals surface area contributed by atoms with E-state index in [0.29, 0.717) is 12.8 Å². The van der Waals surface area contributed by atoms with Gasteiger partial charge in [-0.15, -0.1) is 0 Å². The highest BCUT2D eigenvalue weighted by Gasteiger charge is 2.28. The molecule has 0 aromatic heterocycles. The molecule has 1 aromatic carbocycles. The molecule has 0 N–H and O–H groups in total. The molecule has 0 fully saturated rings. The van der Waals surface area contributed by atoms with Crippen LogP contribution >= 0.6 is 0 Å². The smallest absolute Gasteiger partial charge is 0.311 e. The number of hydrogen-bond acceptors (Lipinski definition) is 2. The number of halogens is 5. The fourth-order valence-corrected chi connectivity index (χ4v) is 3.18. The number of carbonyl (C=O) groups excluding carboxylic acids is 1. The van der Waals surface area contributed by atoms with Gasteiger partial charge in [-0.05, 0) is 32.1 Å². The molecule has 0 aliphatic heterocycles. The number of ether oxygens (including phenoxy) is 1. The van der Waals surface area contributed by atoms with Crippen molar-refractivity contribution in [1.29, 1.82) is 0 Å². The molecule has 0 aliphatic rings. The van der Waals surface area contributed by atoms with Crippen molar-refractivity contribution in [1.82, 2.24) is 0 Å². The number of unbranched alkanes of at least 4 members (excludes halogenated alkanes) is 11. The third-order valence-electron chi connectivity index (χ3n) is 5.03. The molecular weight excluding hydrogens is 415 g/mol. The van der Waals surface area contributed by atoms with Gasteiger partial charge < -0.3 is 4.74 Å². The summed E-state index contributed by atoms with van der Waals surface area (Å²) < 4.78 is 70.5. The summed E-state index contributed by atoms with van der Waals surface area (Å²) in [7, 11) is 0. The van der Waals surface area contributed by atoms with Crippen LogP contribution in [0.2, 0.25) is 0 Å². The highest BCUT2D eigenvalue weighted by molar-refractivity contribution is 5.72. The van der Waals surface area contributed by atoms with Crippen LogP contribution < -0.4 is 4.74 Å². The number of esters is 1. The van der Waals surface area contributed by atoms with E-state index in [9.17, 15) is 26.7 Å². The lowest BCUT2D eigenvalue weighted by Gasteiger charge is -2.08. The van der Waals surface area contributed by atoms with Crippen molar-refractivity contribution in [2.24, 2.45) is 0 Å². The van der Waals surface area contributed by atoms with Gasteiger partial charge in [-0.25, -0.2) is 13.2 Å². The van der Waals surface area contributed by atoms with E-state index in [1.165, 1.54) is 38.5 Å². The first-order valence-electron chi connectivity index (χ1n) is 11.3. The van der Waals surface area contributed by atoms with Crippen LogP contribution in [0.15, 0.2) is 12.2 Å². The number of carbonyl (C=O) groups is 1. The lowest BCUT2D eigenvalue weighted by molar-refractivity contribution is -0.135. The molecule has 1 rings (SSSR count). The molecule has 0 heterocycles. The van der Waals surface area contributed by atoms with Crippen LogP contribution in [-0.4, -0.2) is 5.97 Å². The zero-order chi connectivity index (χ0) is 23.1. The molecule has 0 amide bonds. The highest BCUT2D eigenvalue weighted by Crippen LogP contribution is 2.29.